The van der Waals surface area contributed by atoms with Crippen molar-refractivity contribution in [3.05, 3.63) is 52.9 Å². The van der Waals surface area contributed by atoms with Gasteiger partial charge in [-0.2, -0.15) is 0 Å². The molecule has 4 nitrogen and oxygen atoms in total. The van der Waals surface area contributed by atoms with Crippen molar-refractivity contribution in [1.82, 2.24) is 10.5 Å². The maximum absolute atomic E-state index is 12.6. The lowest BCUT2D eigenvalue weighted by Crippen LogP contribution is -2.36. The van der Waals surface area contributed by atoms with Crippen molar-refractivity contribution in [2.45, 2.75) is 52.5 Å². The van der Waals surface area contributed by atoms with Gasteiger partial charge < -0.3 is 9.84 Å². The number of benzene rings is 1. The molecule has 4 heteroatoms. The molecule has 1 aliphatic rings. The normalized spacial score (nSPS) is 16.2. The van der Waals surface area contributed by atoms with E-state index in [-0.39, 0.29) is 17.4 Å². The highest BCUT2D eigenvalue weighted by atomic mass is 16.5. The van der Waals surface area contributed by atoms with Gasteiger partial charge in [0.25, 0.3) is 5.91 Å². The summed E-state index contributed by atoms with van der Waals surface area (Å²) in [6.07, 6.45) is 2.26. The van der Waals surface area contributed by atoms with Gasteiger partial charge >= 0.3 is 0 Å². The second-order valence-corrected chi connectivity index (χ2v) is 7.58. The van der Waals surface area contributed by atoms with E-state index in [9.17, 15) is 4.79 Å². The third-order valence-electron chi connectivity index (χ3n) is 4.26. The summed E-state index contributed by atoms with van der Waals surface area (Å²) in [4.78, 5) is 12.6. The van der Waals surface area contributed by atoms with E-state index in [1.54, 1.807) is 6.07 Å². The summed E-state index contributed by atoms with van der Waals surface area (Å²) >= 11 is 0. The van der Waals surface area contributed by atoms with E-state index in [1.807, 2.05) is 6.07 Å². The summed E-state index contributed by atoms with van der Waals surface area (Å²) in [6.45, 7) is 8.43. The molecular formula is C19H24N2O2. The number of aromatic nitrogens is 1. The van der Waals surface area contributed by atoms with Gasteiger partial charge in [0.1, 0.15) is 5.76 Å². The summed E-state index contributed by atoms with van der Waals surface area (Å²) in [5.74, 6) is 1.11. The van der Waals surface area contributed by atoms with Crippen LogP contribution in [0.15, 0.2) is 34.9 Å². The first-order chi connectivity index (χ1) is 10.8. The lowest BCUT2D eigenvalue weighted by atomic mass is 9.82. The lowest BCUT2D eigenvalue weighted by molar-refractivity contribution is 0.0892. The molecule has 0 bridgehead atoms. The second-order valence-electron chi connectivity index (χ2n) is 7.58. The van der Waals surface area contributed by atoms with Crippen LogP contribution in [0.5, 0.6) is 0 Å². The molecule has 3 rings (SSSR count). The molecule has 0 spiro atoms. The first-order valence-electron chi connectivity index (χ1n) is 8.18. The van der Waals surface area contributed by atoms with Crippen LogP contribution in [0.3, 0.4) is 0 Å². The van der Waals surface area contributed by atoms with E-state index in [0.717, 1.165) is 24.2 Å². The second kappa shape index (κ2) is 5.84. The third kappa shape index (κ3) is 3.63. The zero-order chi connectivity index (χ0) is 16.6. The molecule has 1 atom stereocenters. The van der Waals surface area contributed by atoms with Crippen molar-refractivity contribution in [2.24, 2.45) is 5.41 Å². The number of amides is 1. The number of aryl methyl sites for hydroxylation is 1. The molecule has 122 valence electrons. The first kappa shape index (κ1) is 15.8. The van der Waals surface area contributed by atoms with Crippen LogP contribution in [0.4, 0.5) is 0 Å². The van der Waals surface area contributed by atoms with E-state index in [2.05, 4.69) is 56.4 Å². The summed E-state index contributed by atoms with van der Waals surface area (Å²) in [6, 6.07) is 9.96. The molecule has 0 aliphatic heterocycles. The van der Waals surface area contributed by atoms with Crippen molar-refractivity contribution < 1.29 is 9.32 Å². The maximum Gasteiger partial charge on any atom is 0.273 e. The van der Waals surface area contributed by atoms with Crippen LogP contribution < -0.4 is 5.32 Å². The fourth-order valence-electron chi connectivity index (χ4n) is 2.81. The molecule has 1 aromatic carbocycles. The lowest BCUT2D eigenvalue weighted by Gasteiger charge is -2.32. The molecular weight excluding hydrogens is 288 g/mol. The highest BCUT2D eigenvalue weighted by Crippen LogP contribution is 2.40. The minimum atomic E-state index is -0.179. The SMILES string of the molecule is Cc1cccc(C(NC(=O)c2cc(C3CC3)on2)C(C)(C)C)c1. The predicted octanol–water partition coefficient (Wildman–Crippen LogP) is 4.38. The fraction of sp³-hybridized carbons (Fsp3) is 0.474. The van der Waals surface area contributed by atoms with Crippen molar-refractivity contribution >= 4 is 5.91 Å². The summed E-state index contributed by atoms with van der Waals surface area (Å²) in [5.41, 5.74) is 2.56. The average Bonchev–Trinajstić information content (AvgIpc) is 3.20. The Kier molecular flexibility index (Phi) is 4.00. The Bertz CT molecular complexity index is 708. The smallest absolute Gasteiger partial charge is 0.273 e. The standard InChI is InChI=1S/C19H24N2O2/c1-12-6-5-7-14(10-12)17(19(2,3)4)20-18(22)15-11-16(23-21-15)13-8-9-13/h5-7,10-11,13,17H,8-9H2,1-4H3,(H,20,22). The Hall–Kier alpha value is -2.10. The molecule has 0 radical (unpaired) electrons. The van der Waals surface area contributed by atoms with Gasteiger partial charge in [0.2, 0.25) is 0 Å². The van der Waals surface area contributed by atoms with E-state index in [0.29, 0.717) is 11.6 Å². The average molecular weight is 312 g/mol. The van der Waals surface area contributed by atoms with Crippen LogP contribution in [-0.4, -0.2) is 11.1 Å². The van der Waals surface area contributed by atoms with Gasteiger partial charge in [0.05, 0.1) is 6.04 Å². The molecule has 2 aromatic rings. The molecule has 1 unspecified atom stereocenters. The minimum Gasteiger partial charge on any atom is -0.360 e. The zero-order valence-electron chi connectivity index (χ0n) is 14.2. The van der Waals surface area contributed by atoms with Gasteiger partial charge in [-0.1, -0.05) is 55.8 Å². The zero-order valence-corrected chi connectivity index (χ0v) is 14.2. The topological polar surface area (TPSA) is 55.1 Å². The van der Waals surface area contributed by atoms with Crippen LogP contribution in [0.2, 0.25) is 0 Å². The quantitative estimate of drug-likeness (QED) is 0.911. The molecule has 1 heterocycles. The maximum atomic E-state index is 12.6. The number of hydrogen-bond acceptors (Lipinski definition) is 3. The third-order valence-corrected chi connectivity index (χ3v) is 4.26. The van der Waals surface area contributed by atoms with Gasteiger partial charge in [0, 0.05) is 12.0 Å². The Labute approximate surface area is 137 Å². The van der Waals surface area contributed by atoms with Gasteiger partial charge in [-0.15, -0.1) is 0 Å². The molecule has 1 fully saturated rings. The van der Waals surface area contributed by atoms with Crippen molar-refractivity contribution in [3.63, 3.8) is 0 Å². The van der Waals surface area contributed by atoms with Crippen LogP contribution in [0.25, 0.3) is 0 Å². The molecule has 1 amide bonds. The number of nitrogens with one attached hydrogen (secondary N) is 1. The van der Waals surface area contributed by atoms with E-state index in [1.165, 1.54) is 5.56 Å². The Morgan fingerprint density at radius 3 is 2.65 bits per heavy atom. The van der Waals surface area contributed by atoms with Gasteiger partial charge in [-0.25, -0.2) is 0 Å². The van der Waals surface area contributed by atoms with Crippen LogP contribution in [-0.2, 0) is 0 Å². The Morgan fingerprint density at radius 2 is 2.04 bits per heavy atom. The number of nitrogens with zero attached hydrogens (tertiary/aromatic N) is 1. The molecule has 1 N–H and O–H groups in total. The van der Waals surface area contributed by atoms with E-state index >= 15 is 0 Å². The van der Waals surface area contributed by atoms with Crippen LogP contribution >= 0.6 is 0 Å². The molecule has 23 heavy (non-hydrogen) atoms. The minimum absolute atomic E-state index is 0.0871. The van der Waals surface area contributed by atoms with Crippen molar-refractivity contribution in [3.8, 4) is 0 Å². The van der Waals surface area contributed by atoms with Gasteiger partial charge in [-0.05, 0) is 30.7 Å². The molecule has 1 aromatic heterocycles. The van der Waals surface area contributed by atoms with Gasteiger partial charge in [-0.3, -0.25) is 4.79 Å². The number of carbonyl (C=O) groups is 1. The highest BCUT2D eigenvalue weighted by molar-refractivity contribution is 5.92. The first-order valence-corrected chi connectivity index (χ1v) is 8.18. The molecule has 1 aliphatic carbocycles. The Balaban J connectivity index is 1.81. The predicted molar refractivity (Wildman–Crippen MR) is 89.3 cm³/mol. The highest BCUT2D eigenvalue weighted by Gasteiger charge is 2.31. The Morgan fingerprint density at radius 1 is 1.30 bits per heavy atom. The summed E-state index contributed by atoms with van der Waals surface area (Å²) < 4.78 is 5.29. The van der Waals surface area contributed by atoms with E-state index < -0.39 is 0 Å². The number of carbonyl (C=O) groups excluding carboxylic acids is 1. The fourth-order valence-corrected chi connectivity index (χ4v) is 2.81. The van der Waals surface area contributed by atoms with E-state index in [4.69, 9.17) is 4.52 Å². The number of hydrogen-bond donors (Lipinski definition) is 1. The van der Waals surface area contributed by atoms with Crippen molar-refractivity contribution in [1.29, 1.82) is 0 Å². The monoisotopic (exact) mass is 312 g/mol. The van der Waals surface area contributed by atoms with Gasteiger partial charge in [0.15, 0.2) is 5.69 Å². The summed E-state index contributed by atoms with van der Waals surface area (Å²) in [7, 11) is 0. The summed E-state index contributed by atoms with van der Waals surface area (Å²) in [5, 5.41) is 7.06. The number of rotatable bonds is 4. The van der Waals surface area contributed by atoms with Crippen LogP contribution in [0, 0.1) is 12.3 Å². The molecule has 1 saturated carbocycles. The largest absolute Gasteiger partial charge is 0.360 e. The molecule has 0 saturated heterocycles. The van der Waals surface area contributed by atoms with Crippen molar-refractivity contribution in [2.75, 3.05) is 0 Å². The van der Waals surface area contributed by atoms with Crippen LogP contribution in [0.1, 0.15) is 72.9 Å².